The van der Waals surface area contributed by atoms with E-state index >= 15 is 0 Å². The van der Waals surface area contributed by atoms with Crippen molar-refractivity contribution in [2.24, 2.45) is 5.92 Å². The first-order chi connectivity index (χ1) is 17.7. The number of allylic oxidation sites excluding steroid dienone is 1. The zero-order chi connectivity index (χ0) is 26.6. The molecule has 1 unspecified atom stereocenters. The molecule has 0 aliphatic rings. The molecule has 0 spiro atoms. The molecule has 0 saturated heterocycles. The van der Waals surface area contributed by atoms with Crippen LogP contribution in [0.15, 0.2) is 78.4 Å². The molecule has 9 heteroatoms. The quantitative estimate of drug-likeness (QED) is 0.324. The third-order valence-electron chi connectivity index (χ3n) is 6.92. The molecule has 3 atom stereocenters. The Bertz CT molecular complexity index is 1410. The van der Waals surface area contributed by atoms with Crippen molar-refractivity contribution in [1.29, 1.82) is 0 Å². The molecule has 2 aromatic heterocycles. The Labute approximate surface area is 214 Å². The van der Waals surface area contributed by atoms with Gasteiger partial charge in [-0.2, -0.15) is 5.10 Å². The number of nitrogens with zero attached hydrogens (tertiary/aromatic N) is 5. The fraction of sp³-hybridized carbons (Fsp3) is 0.321. The van der Waals surface area contributed by atoms with Crippen LogP contribution >= 0.6 is 0 Å². The lowest BCUT2D eigenvalue weighted by Crippen LogP contribution is -2.39. The molecule has 4 aromatic rings. The largest absolute Gasteiger partial charge is 0.383 e. The van der Waals surface area contributed by atoms with Crippen LogP contribution in [0.4, 0.5) is 8.78 Å². The van der Waals surface area contributed by atoms with Gasteiger partial charge in [-0.1, -0.05) is 44.2 Å². The van der Waals surface area contributed by atoms with Gasteiger partial charge >= 0.3 is 5.69 Å². The van der Waals surface area contributed by atoms with Crippen LogP contribution in [0.1, 0.15) is 50.8 Å². The van der Waals surface area contributed by atoms with Gasteiger partial charge in [-0.15, -0.1) is 0 Å². The molecule has 1 N–H and O–H groups in total. The summed E-state index contributed by atoms with van der Waals surface area (Å²) in [5.41, 5.74) is -0.0378. The Balaban J connectivity index is 1.51. The maximum absolute atomic E-state index is 14.7. The number of aromatic nitrogens is 5. The van der Waals surface area contributed by atoms with Crippen molar-refractivity contribution in [3.63, 3.8) is 0 Å². The van der Waals surface area contributed by atoms with Crippen LogP contribution < -0.4 is 5.69 Å². The van der Waals surface area contributed by atoms with Crippen molar-refractivity contribution in [3.05, 3.63) is 107 Å². The van der Waals surface area contributed by atoms with Gasteiger partial charge in [0.15, 0.2) is 0 Å². The molecular weight excluding hydrogens is 476 g/mol. The second-order valence-corrected chi connectivity index (χ2v) is 9.39. The standard InChI is InChI=1S/C28H31F2N5O2/c1-4-21(3)34-14-15-35(27(34)36)24-11-8-22(9-12-24)7-5-6-20(2)28(37,17-33-19-31-18-32-33)25-13-10-23(29)16-26(25)30/h5,7-16,18-21,37H,4,6,17H2,1-3H3/b7-5+/t20-,21?,28+/m0/s1. The van der Waals surface area contributed by atoms with E-state index in [9.17, 15) is 18.7 Å². The molecule has 0 bridgehead atoms. The average Bonchev–Trinajstić information content (AvgIpc) is 3.53. The summed E-state index contributed by atoms with van der Waals surface area (Å²) in [6, 6.07) is 10.9. The van der Waals surface area contributed by atoms with Crippen LogP contribution in [0.5, 0.6) is 0 Å². The lowest BCUT2D eigenvalue weighted by atomic mass is 9.80. The van der Waals surface area contributed by atoms with Crippen LogP contribution in [0.3, 0.4) is 0 Å². The van der Waals surface area contributed by atoms with E-state index in [4.69, 9.17) is 0 Å². The predicted molar refractivity (Wildman–Crippen MR) is 138 cm³/mol. The summed E-state index contributed by atoms with van der Waals surface area (Å²) >= 11 is 0. The summed E-state index contributed by atoms with van der Waals surface area (Å²) < 4.78 is 33.0. The van der Waals surface area contributed by atoms with E-state index in [1.165, 1.54) is 23.4 Å². The molecule has 0 aliphatic heterocycles. The van der Waals surface area contributed by atoms with Crippen molar-refractivity contribution in [2.75, 3.05) is 0 Å². The first-order valence-electron chi connectivity index (χ1n) is 12.3. The van der Waals surface area contributed by atoms with E-state index in [-0.39, 0.29) is 23.8 Å². The lowest BCUT2D eigenvalue weighted by molar-refractivity contribution is -0.0379. The van der Waals surface area contributed by atoms with Gasteiger partial charge in [0.1, 0.15) is 29.9 Å². The maximum atomic E-state index is 14.7. The number of benzene rings is 2. The summed E-state index contributed by atoms with van der Waals surface area (Å²) in [6.07, 6.45) is 11.4. The molecule has 0 aliphatic carbocycles. The Morgan fingerprint density at radius 1 is 1.11 bits per heavy atom. The number of halogens is 2. The molecule has 7 nitrogen and oxygen atoms in total. The second-order valence-electron chi connectivity index (χ2n) is 9.39. The van der Waals surface area contributed by atoms with E-state index in [1.807, 2.05) is 57.2 Å². The lowest BCUT2D eigenvalue weighted by Gasteiger charge is -2.34. The highest BCUT2D eigenvalue weighted by Crippen LogP contribution is 2.35. The zero-order valence-electron chi connectivity index (χ0n) is 21.1. The van der Waals surface area contributed by atoms with Crippen LogP contribution in [0.2, 0.25) is 0 Å². The predicted octanol–water partition coefficient (Wildman–Crippen LogP) is 5.11. The molecule has 2 aromatic carbocycles. The van der Waals surface area contributed by atoms with E-state index in [2.05, 4.69) is 10.1 Å². The van der Waals surface area contributed by atoms with Crippen LogP contribution in [-0.4, -0.2) is 29.0 Å². The SMILES string of the molecule is CCC(C)n1ccn(-c2ccc(/C=C/C[C@H](C)[C@](O)(Cn3cncn3)c3ccc(F)cc3F)cc2)c1=O. The number of hydrogen-bond acceptors (Lipinski definition) is 4. The van der Waals surface area contributed by atoms with E-state index in [1.54, 1.807) is 21.5 Å². The fourth-order valence-electron chi connectivity index (χ4n) is 4.38. The van der Waals surface area contributed by atoms with Crippen LogP contribution in [0, 0.1) is 17.6 Å². The minimum atomic E-state index is -1.65. The molecule has 4 rings (SSSR count). The molecule has 0 fully saturated rings. The van der Waals surface area contributed by atoms with Gasteiger partial charge in [0.2, 0.25) is 0 Å². The molecule has 2 heterocycles. The van der Waals surface area contributed by atoms with Gasteiger partial charge < -0.3 is 5.11 Å². The molecule has 0 saturated carbocycles. The third-order valence-corrected chi connectivity index (χ3v) is 6.92. The highest BCUT2D eigenvalue weighted by atomic mass is 19.1. The Hall–Kier alpha value is -3.85. The minimum Gasteiger partial charge on any atom is -0.383 e. The van der Waals surface area contributed by atoms with Gasteiger partial charge in [0.05, 0.1) is 12.2 Å². The average molecular weight is 508 g/mol. The van der Waals surface area contributed by atoms with Crippen molar-refractivity contribution in [1.82, 2.24) is 23.9 Å². The summed E-state index contributed by atoms with van der Waals surface area (Å²) in [5, 5.41) is 15.7. The maximum Gasteiger partial charge on any atom is 0.332 e. The molecular formula is C28H31F2N5O2. The highest BCUT2D eigenvalue weighted by Gasteiger charge is 2.38. The van der Waals surface area contributed by atoms with Gasteiger partial charge in [-0.25, -0.2) is 23.2 Å². The number of rotatable bonds is 10. The Morgan fingerprint density at radius 3 is 2.51 bits per heavy atom. The van der Waals surface area contributed by atoms with Gasteiger partial charge in [-0.3, -0.25) is 9.13 Å². The van der Waals surface area contributed by atoms with E-state index < -0.39 is 23.2 Å². The van der Waals surface area contributed by atoms with E-state index in [0.717, 1.165) is 29.8 Å². The van der Waals surface area contributed by atoms with Gasteiger partial charge in [0.25, 0.3) is 0 Å². The summed E-state index contributed by atoms with van der Waals surface area (Å²) in [4.78, 5) is 16.6. The van der Waals surface area contributed by atoms with Crippen LogP contribution in [-0.2, 0) is 12.1 Å². The Morgan fingerprint density at radius 2 is 1.86 bits per heavy atom. The van der Waals surface area contributed by atoms with Gasteiger partial charge in [-0.05, 0) is 49.4 Å². The monoisotopic (exact) mass is 507 g/mol. The molecule has 194 valence electrons. The molecule has 0 radical (unpaired) electrons. The number of imidazole rings is 1. The first-order valence-corrected chi connectivity index (χ1v) is 12.3. The first kappa shape index (κ1) is 26.2. The summed E-state index contributed by atoms with van der Waals surface area (Å²) in [5.74, 6) is -1.96. The minimum absolute atomic E-state index is 0.00410. The van der Waals surface area contributed by atoms with Crippen molar-refractivity contribution < 1.29 is 13.9 Å². The van der Waals surface area contributed by atoms with E-state index in [0.29, 0.717) is 6.42 Å². The van der Waals surface area contributed by atoms with Gasteiger partial charge in [0, 0.05) is 30.1 Å². The Kier molecular flexibility index (Phi) is 7.83. The second kappa shape index (κ2) is 11.0. The number of hydrogen-bond donors (Lipinski definition) is 1. The third kappa shape index (κ3) is 5.61. The topological polar surface area (TPSA) is 77.9 Å². The molecule has 0 amide bonds. The van der Waals surface area contributed by atoms with Crippen LogP contribution in [0.25, 0.3) is 11.8 Å². The normalized spacial score (nSPS) is 15.1. The van der Waals surface area contributed by atoms with Crippen molar-refractivity contribution in [3.8, 4) is 5.69 Å². The number of aliphatic hydroxyl groups is 1. The zero-order valence-corrected chi connectivity index (χ0v) is 21.1. The fourth-order valence-corrected chi connectivity index (χ4v) is 4.38. The van der Waals surface area contributed by atoms with Crippen molar-refractivity contribution >= 4 is 6.08 Å². The summed E-state index contributed by atoms with van der Waals surface area (Å²) in [7, 11) is 0. The highest BCUT2D eigenvalue weighted by molar-refractivity contribution is 5.51. The molecule has 37 heavy (non-hydrogen) atoms. The smallest absolute Gasteiger partial charge is 0.332 e. The van der Waals surface area contributed by atoms with Crippen molar-refractivity contribution in [2.45, 2.75) is 51.8 Å². The summed E-state index contributed by atoms with van der Waals surface area (Å²) in [6.45, 7) is 5.83.